The highest BCUT2D eigenvalue weighted by Crippen LogP contribution is 2.21. The first-order valence-electron chi connectivity index (χ1n) is 7.34. The standard InChI is InChI=1S/C15H22N2O4/c1-11-4-6-13(21-11)9-16-15(20)17-8-2-3-12(10-17)5-7-14(18)19/h4,6,12H,2-3,5,7-10H2,1H3,(H,16,20)(H,18,19). The summed E-state index contributed by atoms with van der Waals surface area (Å²) in [6, 6.07) is 3.61. The van der Waals surface area contributed by atoms with Crippen LogP contribution < -0.4 is 5.32 Å². The number of piperidine rings is 1. The first-order chi connectivity index (χ1) is 10.0. The van der Waals surface area contributed by atoms with E-state index < -0.39 is 5.97 Å². The molecule has 0 saturated carbocycles. The topological polar surface area (TPSA) is 82.8 Å². The van der Waals surface area contributed by atoms with Crippen LogP contribution in [0, 0.1) is 12.8 Å². The lowest BCUT2D eigenvalue weighted by molar-refractivity contribution is -0.137. The highest BCUT2D eigenvalue weighted by atomic mass is 16.4. The van der Waals surface area contributed by atoms with Crippen LogP contribution in [-0.2, 0) is 11.3 Å². The Balaban J connectivity index is 1.77. The van der Waals surface area contributed by atoms with Crippen LogP contribution in [0.1, 0.15) is 37.2 Å². The molecule has 1 fully saturated rings. The second-order valence-electron chi connectivity index (χ2n) is 5.56. The molecular formula is C15H22N2O4. The number of carbonyl (C=O) groups is 2. The molecule has 2 N–H and O–H groups in total. The molecule has 2 heterocycles. The fraction of sp³-hybridized carbons (Fsp3) is 0.600. The summed E-state index contributed by atoms with van der Waals surface area (Å²) in [5.74, 6) is 1.07. The minimum atomic E-state index is -0.773. The number of amides is 2. The number of carbonyl (C=O) groups excluding carboxylic acids is 1. The Morgan fingerprint density at radius 2 is 2.29 bits per heavy atom. The fourth-order valence-electron chi connectivity index (χ4n) is 2.67. The Morgan fingerprint density at radius 3 is 2.95 bits per heavy atom. The highest BCUT2D eigenvalue weighted by molar-refractivity contribution is 5.74. The predicted molar refractivity (Wildman–Crippen MR) is 76.8 cm³/mol. The summed E-state index contributed by atoms with van der Waals surface area (Å²) in [5.41, 5.74) is 0. The van der Waals surface area contributed by atoms with E-state index in [2.05, 4.69) is 5.32 Å². The minimum Gasteiger partial charge on any atom is -0.481 e. The average Bonchev–Trinajstić information content (AvgIpc) is 2.88. The zero-order valence-corrected chi connectivity index (χ0v) is 12.3. The zero-order valence-electron chi connectivity index (χ0n) is 12.3. The molecule has 0 bridgehead atoms. The fourth-order valence-corrected chi connectivity index (χ4v) is 2.67. The summed E-state index contributed by atoms with van der Waals surface area (Å²) >= 11 is 0. The number of hydrogen-bond acceptors (Lipinski definition) is 3. The molecule has 21 heavy (non-hydrogen) atoms. The molecule has 2 amide bonds. The molecule has 6 nitrogen and oxygen atoms in total. The average molecular weight is 294 g/mol. The number of carboxylic acids is 1. The van der Waals surface area contributed by atoms with Crippen molar-refractivity contribution in [1.82, 2.24) is 10.2 Å². The van der Waals surface area contributed by atoms with E-state index >= 15 is 0 Å². The van der Waals surface area contributed by atoms with E-state index in [1.54, 1.807) is 4.90 Å². The van der Waals surface area contributed by atoms with Crippen LogP contribution >= 0.6 is 0 Å². The van der Waals surface area contributed by atoms with E-state index in [4.69, 9.17) is 9.52 Å². The lowest BCUT2D eigenvalue weighted by atomic mass is 9.93. The van der Waals surface area contributed by atoms with Crippen molar-refractivity contribution < 1.29 is 19.1 Å². The summed E-state index contributed by atoms with van der Waals surface area (Å²) in [6.07, 6.45) is 2.73. The smallest absolute Gasteiger partial charge is 0.317 e. The summed E-state index contributed by atoms with van der Waals surface area (Å²) in [5, 5.41) is 11.6. The first-order valence-corrected chi connectivity index (χ1v) is 7.34. The Labute approximate surface area is 124 Å². The molecule has 1 unspecified atom stereocenters. The number of aliphatic carboxylic acids is 1. The zero-order chi connectivity index (χ0) is 15.2. The predicted octanol–water partition coefficient (Wildman–Crippen LogP) is 2.37. The first kappa shape index (κ1) is 15.4. The molecule has 1 aliphatic heterocycles. The van der Waals surface area contributed by atoms with Gasteiger partial charge < -0.3 is 19.7 Å². The number of furan rings is 1. The van der Waals surface area contributed by atoms with Crippen molar-refractivity contribution in [2.45, 2.75) is 39.2 Å². The summed E-state index contributed by atoms with van der Waals surface area (Å²) in [7, 11) is 0. The van der Waals surface area contributed by atoms with Gasteiger partial charge in [-0.2, -0.15) is 0 Å². The molecule has 0 aliphatic carbocycles. The number of likely N-dealkylation sites (tertiary alicyclic amines) is 1. The van der Waals surface area contributed by atoms with Gasteiger partial charge in [-0.05, 0) is 44.2 Å². The van der Waals surface area contributed by atoms with E-state index in [1.807, 2.05) is 19.1 Å². The van der Waals surface area contributed by atoms with E-state index in [0.29, 0.717) is 19.5 Å². The number of hydrogen-bond donors (Lipinski definition) is 2. The van der Waals surface area contributed by atoms with Gasteiger partial charge in [0.05, 0.1) is 6.54 Å². The molecule has 1 aromatic rings. The van der Waals surface area contributed by atoms with Gasteiger partial charge in [-0.15, -0.1) is 0 Å². The monoisotopic (exact) mass is 294 g/mol. The third-order valence-electron chi connectivity index (χ3n) is 3.78. The molecule has 0 spiro atoms. The third-order valence-corrected chi connectivity index (χ3v) is 3.78. The Kier molecular flexibility index (Phi) is 5.25. The van der Waals surface area contributed by atoms with Crippen molar-refractivity contribution in [3.63, 3.8) is 0 Å². The van der Waals surface area contributed by atoms with Gasteiger partial charge in [-0.3, -0.25) is 4.79 Å². The van der Waals surface area contributed by atoms with Crippen molar-refractivity contribution in [3.8, 4) is 0 Å². The van der Waals surface area contributed by atoms with Crippen LogP contribution in [-0.4, -0.2) is 35.1 Å². The maximum absolute atomic E-state index is 12.1. The van der Waals surface area contributed by atoms with Crippen LogP contribution in [0.5, 0.6) is 0 Å². The Morgan fingerprint density at radius 1 is 1.48 bits per heavy atom. The van der Waals surface area contributed by atoms with Gasteiger partial charge in [0.15, 0.2) is 0 Å². The molecule has 1 saturated heterocycles. The summed E-state index contributed by atoms with van der Waals surface area (Å²) in [6.45, 7) is 3.61. The summed E-state index contributed by atoms with van der Waals surface area (Å²) in [4.78, 5) is 24.5. The number of aryl methyl sites for hydroxylation is 1. The third kappa shape index (κ3) is 4.81. The molecule has 1 aromatic heterocycles. The minimum absolute atomic E-state index is 0.107. The van der Waals surface area contributed by atoms with Gasteiger partial charge in [0.2, 0.25) is 0 Å². The summed E-state index contributed by atoms with van der Waals surface area (Å²) < 4.78 is 5.41. The molecule has 0 radical (unpaired) electrons. The molecule has 1 aliphatic rings. The molecule has 0 aromatic carbocycles. The van der Waals surface area contributed by atoms with Crippen LogP contribution in [0.3, 0.4) is 0 Å². The largest absolute Gasteiger partial charge is 0.481 e. The number of nitrogens with zero attached hydrogens (tertiary/aromatic N) is 1. The highest BCUT2D eigenvalue weighted by Gasteiger charge is 2.23. The molecular weight excluding hydrogens is 272 g/mol. The van der Waals surface area contributed by atoms with Crippen molar-refractivity contribution in [3.05, 3.63) is 23.7 Å². The lowest BCUT2D eigenvalue weighted by Crippen LogP contribution is -2.45. The van der Waals surface area contributed by atoms with Gasteiger partial charge in [0, 0.05) is 19.5 Å². The second-order valence-corrected chi connectivity index (χ2v) is 5.56. The van der Waals surface area contributed by atoms with Crippen molar-refractivity contribution in [2.75, 3.05) is 13.1 Å². The Bertz CT molecular complexity index is 498. The van der Waals surface area contributed by atoms with Gasteiger partial charge in [-0.25, -0.2) is 4.79 Å². The van der Waals surface area contributed by atoms with Gasteiger partial charge in [0.1, 0.15) is 11.5 Å². The van der Waals surface area contributed by atoms with E-state index in [0.717, 1.165) is 30.9 Å². The normalized spacial score (nSPS) is 18.5. The molecule has 1 atom stereocenters. The van der Waals surface area contributed by atoms with Crippen LogP contribution in [0.25, 0.3) is 0 Å². The SMILES string of the molecule is Cc1ccc(CNC(=O)N2CCCC(CCC(=O)O)C2)o1. The van der Waals surface area contributed by atoms with Crippen LogP contribution in [0.4, 0.5) is 4.79 Å². The van der Waals surface area contributed by atoms with Crippen molar-refractivity contribution in [1.29, 1.82) is 0 Å². The number of carboxylic acid groups (broad SMARTS) is 1. The van der Waals surface area contributed by atoms with Gasteiger partial charge in [-0.1, -0.05) is 0 Å². The van der Waals surface area contributed by atoms with Crippen molar-refractivity contribution in [2.24, 2.45) is 5.92 Å². The molecule has 6 heteroatoms. The molecule has 2 rings (SSSR count). The molecule has 116 valence electrons. The van der Waals surface area contributed by atoms with Gasteiger partial charge in [0.25, 0.3) is 0 Å². The number of rotatable bonds is 5. The van der Waals surface area contributed by atoms with Crippen molar-refractivity contribution >= 4 is 12.0 Å². The van der Waals surface area contributed by atoms with Crippen LogP contribution in [0.15, 0.2) is 16.5 Å². The van der Waals surface area contributed by atoms with Crippen LogP contribution in [0.2, 0.25) is 0 Å². The number of nitrogens with one attached hydrogen (secondary N) is 1. The maximum atomic E-state index is 12.1. The van der Waals surface area contributed by atoms with E-state index in [1.165, 1.54) is 0 Å². The second kappa shape index (κ2) is 7.15. The maximum Gasteiger partial charge on any atom is 0.317 e. The van der Waals surface area contributed by atoms with E-state index in [9.17, 15) is 9.59 Å². The van der Waals surface area contributed by atoms with Gasteiger partial charge >= 0.3 is 12.0 Å². The quantitative estimate of drug-likeness (QED) is 0.873. The lowest BCUT2D eigenvalue weighted by Gasteiger charge is -2.32. The number of urea groups is 1. The Hall–Kier alpha value is -1.98. The van der Waals surface area contributed by atoms with E-state index in [-0.39, 0.29) is 18.4 Å².